The van der Waals surface area contributed by atoms with Crippen LogP contribution in [-0.4, -0.2) is 10.7 Å². The number of phenolic OH excluding ortho intramolecular Hbond substituents is 1. The molecule has 1 unspecified atom stereocenters. The van der Waals surface area contributed by atoms with Crippen molar-refractivity contribution in [1.82, 2.24) is 0 Å². The Hall–Kier alpha value is -1.02. The van der Waals surface area contributed by atoms with E-state index >= 15 is 0 Å². The highest BCUT2D eigenvalue weighted by Gasteiger charge is 2.16. The maximum absolute atomic E-state index is 9.30. The number of ether oxygens (including phenoxy) is 1. The molecule has 2 nitrogen and oxygen atoms in total. The number of hydrogen-bond acceptors (Lipinski definition) is 2. The molecule has 0 bridgehead atoms. The van der Waals surface area contributed by atoms with Crippen LogP contribution in [0.2, 0.25) is 0 Å². The predicted molar refractivity (Wildman–Crippen MR) is 57.4 cm³/mol. The third-order valence-corrected chi connectivity index (χ3v) is 1.87. The molecule has 0 aromatic heterocycles. The Balaban J connectivity index is 2.74. The van der Waals surface area contributed by atoms with Crippen molar-refractivity contribution in [2.24, 2.45) is 0 Å². The van der Waals surface area contributed by atoms with Gasteiger partial charge in [-0.1, -0.05) is 12.1 Å². The first-order chi connectivity index (χ1) is 6.38. The fraction of sp³-hybridized carbons (Fsp3) is 0.500. The quantitative estimate of drug-likeness (QED) is 0.783. The summed E-state index contributed by atoms with van der Waals surface area (Å²) in [5, 5.41) is 9.30. The van der Waals surface area contributed by atoms with Gasteiger partial charge in [-0.25, -0.2) is 0 Å². The van der Waals surface area contributed by atoms with Gasteiger partial charge in [-0.15, -0.1) is 0 Å². The standard InChI is InChI=1S/C12H18O2/c1-9(14-12(2,3)4)10-6-5-7-11(13)8-10/h5-9,13H,1-4H3. The molecule has 0 saturated heterocycles. The fourth-order valence-electron chi connectivity index (χ4n) is 1.38. The van der Waals surface area contributed by atoms with Crippen LogP contribution in [0.15, 0.2) is 24.3 Å². The van der Waals surface area contributed by atoms with Crippen LogP contribution in [0.5, 0.6) is 5.75 Å². The Morgan fingerprint density at radius 3 is 2.43 bits per heavy atom. The SMILES string of the molecule is CC(OC(C)(C)C)c1cccc(O)c1. The second-order valence-corrected chi connectivity index (χ2v) is 4.47. The normalized spacial score (nSPS) is 14.0. The minimum atomic E-state index is -0.162. The molecule has 0 aliphatic heterocycles. The summed E-state index contributed by atoms with van der Waals surface area (Å²) < 4.78 is 5.77. The summed E-state index contributed by atoms with van der Waals surface area (Å²) in [4.78, 5) is 0. The molecule has 1 atom stereocenters. The molecule has 1 N–H and O–H groups in total. The van der Waals surface area contributed by atoms with Gasteiger partial charge in [0.25, 0.3) is 0 Å². The van der Waals surface area contributed by atoms with E-state index in [1.807, 2.05) is 39.8 Å². The van der Waals surface area contributed by atoms with Crippen LogP contribution in [0.3, 0.4) is 0 Å². The molecule has 1 aromatic carbocycles. The number of hydrogen-bond donors (Lipinski definition) is 1. The highest BCUT2D eigenvalue weighted by molar-refractivity contribution is 5.28. The van der Waals surface area contributed by atoms with E-state index < -0.39 is 0 Å². The zero-order chi connectivity index (χ0) is 10.8. The summed E-state index contributed by atoms with van der Waals surface area (Å²) in [6, 6.07) is 7.17. The molecule has 0 saturated carbocycles. The summed E-state index contributed by atoms with van der Waals surface area (Å²) in [7, 11) is 0. The second kappa shape index (κ2) is 4.01. The van der Waals surface area contributed by atoms with Gasteiger partial charge >= 0.3 is 0 Å². The van der Waals surface area contributed by atoms with Crippen molar-refractivity contribution >= 4 is 0 Å². The largest absolute Gasteiger partial charge is 0.508 e. The first kappa shape index (κ1) is 11.1. The molecule has 1 aromatic rings. The Morgan fingerprint density at radius 1 is 1.29 bits per heavy atom. The van der Waals surface area contributed by atoms with E-state index in [4.69, 9.17) is 4.74 Å². The number of rotatable bonds is 2. The van der Waals surface area contributed by atoms with Crippen LogP contribution in [0.1, 0.15) is 39.4 Å². The van der Waals surface area contributed by atoms with Crippen molar-refractivity contribution in [2.75, 3.05) is 0 Å². The highest BCUT2D eigenvalue weighted by Crippen LogP contribution is 2.25. The van der Waals surface area contributed by atoms with Crippen molar-refractivity contribution in [1.29, 1.82) is 0 Å². The van der Waals surface area contributed by atoms with E-state index in [1.54, 1.807) is 12.1 Å². The first-order valence-corrected chi connectivity index (χ1v) is 4.85. The average molecular weight is 194 g/mol. The van der Waals surface area contributed by atoms with E-state index in [9.17, 15) is 5.11 Å². The van der Waals surface area contributed by atoms with E-state index in [0.717, 1.165) is 5.56 Å². The van der Waals surface area contributed by atoms with Crippen LogP contribution in [0.25, 0.3) is 0 Å². The fourth-order valence-corrected chi connectivity index (χ4v) is 1.38. The van der Waals surface area contributed by atoms with E-state index in [1.165, 1.54) is 0 Å². The number of phenols is 1. The average Bonchev–Trinajstić information content (AvgIpc) is 2.01. The van der Waals surface area contributed by atoms with E-state index in [2.05, 4.69) is 0 Å². The van der Waals surface area contributed by atoms with Gasteiger partial charge < -0.3 is 9.84 Å². The zero-order valence-corrected chi connectivity index (χ0v) is 9.24. The lowest BCUT2D eigenvalue weighted by Crippen LogP contribution is -2.21. The molecule has 0 spiro atoms. The second-order valence-electron chi connectivity index (χ2n) is 4.47. The zero-order valence-electron chi connectivity index (χ0n) is 9.24. The monoisotopic (exact) mass is 194 g/mol. The molecule has 0 fully saturated rings. The van der Waals surface area contributed by atoms with Gasteiger partial charge in [-0.2, -0.15) is 0 Å². The van der Waals surface area contributed by atoms with Gasteiger partial charge in [0.05, 0.1) is 11.7 Å². The molecule has 2 heteroatoms. The van der Waals surface area contributed by atoms with Gasteiger partial charge in [0, 0.05) is 0 Å². The lowest BCUT2D eigenvalue weighted by atomic mass is 10.1. The molecule has 0 amide bonds. The first-order valence-electron chi connectivity index (χ1n) is 4.85. The van der Waals surface area contributed by atoms with E-state index in [0.29, 0.717) is 0 Å². The third-order valence-electron chi connectivity index (χ3n) is 1.87. The van der Waals surface area contributed by atoms with Crippen LogP contribution >= 0.6 is 0 Å². The molecule has 0 aliphatic rings. The van der Waals surface area contributed by atoms with Crippen LogP contribution in [-0.2, 0) is 4.74 Å². The maximum Gasteiger partial charge on any atom is 0.115 e. The Bertz CT molecular complexity index is 299. The Kier molecular flexibility index (Phi) is 3.17. The van der Waals surface area contributed by atoms with Crippen molar-refractivity contribution in [3.63, 3.8) is 0 Å². The third kappa shape index (κ3) is 3.38. The van der Waals surface area contributed by atoms with Gasteiger partial charge in [-0.05, 0) is 45.4 Å². The maximum atomic E-state index is 9.30. The molecular formula is C12H18O2. The lowest BCUT2D eigenvalue weighted by Gasteiger charge is -2.25. The highest BCUT2D eigenvalue weighted by atomic mass is 16.5. The Labute approximate surface area is 85.5 Å². The minimum absolute atomic E-state index is 0.00194. The summed E-state index contributed by atoms with van der Waals surface area (Å²) in [5.41, 5.74) is 0.838. The smallest absolute Gasteiger partial charge is 0.115 e. The topological polar surface area (TPSA) is 29.5 Å². The van der Waals surface area contributed by atoms with Crippen molar-refractivity contribution < 1.29 is 9.84 Å². The van der Waals surface area contributed by atoms with Gasteiger partial charge in [0.1, 0.15) is 5.75 Å². The van der Waals surface area contributed by atoms with Gasteiger partial charge in [-0.3, -0.25) is 0 Å². The minimum Gasteiger partial charge on any atom is -0.508 e. The number of aromatic hydroxyl groups is 1. The summed E-state index contributed by atoms with van der Waals surface area (Å²) in [5.74, 6) is 0.284. The number of benzene rings is 1. The van der Waals surface area contributed by atoms with Crippen LogP contribution in [0.4, 0.5) is 0 Å². The Morgan fingerprint density at radius 2 is 1.93 bits per heavy atom. The predicted octanol–water partition coefficient (Wildman–Crippen LogP) is 3.27. The molecule has 0 aliphatic carbocycles. The van der Waals surface area contributed by atoms with Crippen LogP contribution < -0.4 is 0 Å². The molecule has 0 heterocycles. The molecule has 78 valence electrons. The van der Waals surface area contributed by atoms with Crippen molar-refractivity contribution in [3.05, 3.63) is 29.8 Å². The van der Waals surface area contributed by atoms with Gasteiger partial charge in [0.15, 0.2) is 0 Å². The van der Waals surface area contributed by atoms with Gasteiger partial charge in [0.2, 0.25) is 0 Å². The molecule has 14 heavy (non-hydrogen) atoms. The molecular weight excluding hydrogens is 176 g/mol. The molecule has 0 radical (unpaired) electrons. The summed E-state index contributed by atoms with van der Waals surface area (Å²) in [6.07, 6.45) is 0.00194. The van der Waals surface area contributed by atoms with Crippen molar-refractivity contribution in [2.45, 2.75) is 39.4 Å². The lowest BCUT2D eigenvalue weighted by molar-refractivity contribution is -0.0530. The molecule has 1 rings (SSSR count). The summed E-state index contributed by atoms with van der Waals surface area (Å²) >= 11 is 0. The van der Waals surface area contributed by atoms with Crippen LogP contribution in [0, 0.1) is 0 Å². The summed E-state index contributed by atoms with van der Waals surface area (Å²) in [6.45, 7) is 8.05. The van der Waals surface area contributed by atoms with E-state index in [-0.39, 0.29) is 17.5 Å². The van der Waals surface area contributed by atoms with Crippen molar-refractivity contribution in [3.8, 4) is 5.75 Å².